The number of guanidine groups is 1. The summed E-state index contributed by atoms with van der Waals surface area (Å²) < 4.78 is 10.8. The van der Waals surface area contributed by atoms with Gasteiger partial charge in [0, 0.05) is 24.8 Å². The molecule has 1 aliphatic heterocycles. The number of hydrogen-bond acceptors (Lipinski definition) is 4. The minimum atomic E-state index is -0.207. The number of carbonyl (C=O) groups is 1. The molecule has 0 spiro atoms. The first-order valence-corrected chi connectivity index (χ1v) is 10.1. The number of urea groups is 1. The Kier molecular flexibility index (Phi) is 9.70. The number of aliphatic imine (C=N–C) groups is 1. The highest BCUT2D eigenvalue weighted by molar-refractivity contribution is 14.0. The summed E-state index contributed by atoms with van der Waals surface area (Å²) in [5, 5.41) is 12.2. The number of carbonyl (C=O) groups excluding carboxylic acids is 1. The summed E-state index contributed by atoms with van der Waals surface area (Å²) in [6.45, 7) is 8.05. The third-order valence-electron chi connectivity index (χ3n) is 4.29. The van der Waals surface area contributed by atoms with Crippen LogP contribution < -0.4 is 30.7 Å². The van der Waals surface area contributed by atoms with Crippen molar-refractivity contribution < 1.29 is 14.3 Å². The van der Waals surface area contributed by atoms with E-state index >= 15 is 0 Å². The maximum atomic E-state index is 11.8. The third kappa shape index (κ3) is 7.82. The molecule has 2 amide bonds. The van der Waals surface area contributed by atoms with Gasteiger partial charge in [-0.2, -0.15) is 0 Å². The number of halogens is 1. The highest BCUT2D eigenvalue weighted by Gasteiger charge is 2.13. The van der Waals surface area contributed by atoms with E-state index in [2.05, 4.69) is 26.3 Å². The first-order valence-electron chi connectivity index (χ1n) is 10.1. The molecule has 3 rings (SSSR count). The number of anilines is 1. The normalized spacial score (nSPS) is 12.2. The van der Waals surface area contributed by atoms with E-state index in [-0.39, 0.29) is 42.8 Å². The molecule has 0 unspecified atom stereocenters. The zero-order chi connectivity index (χ0) is 21.3. The van der Waals surface area contributed by atoms with Gasteiger partial charge < -0.3 is 30.7 Å². The van der Waals surface area contributed by atoms with Gasteiger partial charge in [-0.05, 0) is 56.2 Å². The Hall–Kier alpha value is -2.69. The van der Waals surface area contributed by atoms with Crippen molar-refractivity contribution in [3.05, 3.63) is 53.6 Å². The SMILES string of the molecule is CCNC(=NCc1ccc2c(c1)OCO2)NCc1ccc(NC(=O)NC(C)C)cc1.I. The maximum absolute atomic E-state index is 11.8. The molecule has 4 N–H and O–H groups in total. The molecule has 0 saturated carbocycles. The smallest absolute Gasteiger partial charge is 0.319 e. The summed E-state index contributed by atoms with van der Waals surface area (Å²) >= 11 is 0. The van der Waals surface area contributed by atoms with E-state index in [0.717, 1.165) is 40.8 Å². The number of fused-ring (bicyclic) bond motifs is 1. The van der Waals surface area contributed by atoms with Gasteiger partial charge >= 0.3 is 6.03 Å². The van der Waals surface area contributed by atoms with E-state index < -0.39 is 0 Å². The van der Waals surface area contributed by atoms with E-state index in [1.54, 1.807) is 0 Å². The second-order valence-corrected chi connectivity index (χ2v) is 7.19. The molecular formula is C22H30IN5O3. The van der Waals surface area contributed by atoms with Crippen LogP contribution in [0.1, 0.15) is 31.9 Å². The molecule has 0 aromatic heterocycles. The van der Waals surface area contributed by atoms with Crippen LogP contribution >= 0.6 is 24.0 Å². The molecule has 1 heterocycles. The molecule has 0 fully saturated rings. The van der Waals surface area contributed by atoms with Gasteiger partial charge in [0.15, 0.2) is 17.5 Å². The monoisotopic (exact) mass is 539 g/mol. The lowest BCUT2D eigenvalue weighted by atomic mass is 10.2. The molecule has 2 aromatic carbocycles. The van der Waals surface area contributed by atoms with Gasteiger partial charge in [0.1, 0.15) is 0 Å². The maximum Gasteiger partial charge on any atom is 0.319 e. The second kappa shape index (κ2) is 12.2. The molecule has 9 heteroatoms. The molecule has 1 aliphatic rings. The van der Waals surface area contributed by atoms with Gasteiger partial charge in [-0.3, -0.25) is 0 Å². The van der Waals surface area contributed by atoms with Gasteiger partial charge in [0.2, 0.25) is 6.79 Å². The van der Waals surface area contributed by atoms with Crippen molar-refractivity contribution in [2.24, 2.45) is 4.99 Å². The van der Waals surface area contributed by atoms with Crippen LogP contribution in [0.2, 0.25) is 0 Å². The summed E-state index contributed by atoms with van der Waals surface area (Å²) in [5.41, 5.74) is 2.88. The highest BCUT2D eigenvalue weighted by atomic mass is 127. The number of rotatable bonds is 7. The number of ether oxygens (including phenoxy) is 2. The van der Waals surface area contributed by atoms with Crippen LogP contribution in [0.5, 0.6) is 11.5 Å². The first kappa shape index (κ1) is 24.6. The Balaban J connectivity index is 0.00000341. The predicted octanol–water partition coefficient (Wildman–Crippen LogP) is 3.82. The number of nitrogens with one attached hydrogen (secondary N) is 4. The van der Waals surface area contributed by atoms with Crippen LogP contribution in [0.25, 0.3) is 0 Å². The lowest BCUT2D eigenvalue weighted by molar-refractivity contribution is 0.174. The van der Waals surface area contributed by atoms with E-state index in [9.17, 15) is 4.79 Å². The number of hydrogen-bond donors (Lipinski definition) is 4. The highest BCUT2D eigenvalue weighted by Crippen LogP contribution is 2.32. The Morgan fingerprint density at radius 2 is 1.74 bits per heavy atom. The second-order valence-electron chi connectivity index (χ2n) is 7.19. The summed E-state index contributed by atoms with van der Waals surface area (Å²) in [5.74, 6) is 2.26. The summed E-state index contributed by atoms with van der Waals surface area (Å²) in [7, 11) is 0. The Morgan fingerprint density at radius 3 is 2.45 bits per heavy atom. The minimum absolute atomic E-state index is 0. The molecule has 168 valence electrons. The average molecular weight is 539 g/mol. The van der Waals surface area contributed by atoms with Crippen molar-refractivity contribution in [1.29, 1.82) is 0 Å². The molecule has 2 aromatic rings. The van der Waals surface area contributed by atoms with Crippen LogP contribution in [0.3, 0.4) is 0 Å². The zero-order valence-corrected chi connectivity index (χ0v) is 20.4. The van der Waals surface area contributed by atoms with Crippen LogP contribution in [-0.2, 0) is 13.1 Å². The van der Waals surface area contributed by atoms with Crippen LogP contribution in [0, 0.1) is 0 Å². The summed E-state index contributed by atoms with van der Waals surface area (Å²) in [4.78, 5) is 16.4. The Bertz CT molecular complexity index is 887. The summed E-state index contributed by atoms with van der Waals surface area (Å²) in [6.07, 6.45) is 0. The molecule has 0 atom stereocenters. The quantitative estimate of drug-likeness (QED) is 0.244. The van der Waals surface area contributed by atoms with E-state index in [1.165, 1.54) is 0 Å². The first-order chi connectivity index (χ1) is 14.5. The Morgan fingerprint density at radius 1 is 1.03 bits per heavy atom. The van der Waals surface area contributed by atoms with Gasteiger partial charge in [0.25, 0.3) is 0 Å². The fourth-order valence-electron chi connectivity index (χ4n) is 2.87. The number of amides is 2. The van der Waals surface area contributed by atoms with Crippen molar-refractivity contribution >= 4 is 41.7 Å². The molecular weight excluding hydrogens is 509 g/mol. The van der Waals surface area contributed by atoms with Crippen LogP contribution in [0.4, 0.5) is 10.5 Å². The van der Waals surface area contributed by atoms with Crippen LogP contribution in [0.15, 0.2) is 47.5 Å². The molecule has 0 bridgehead atoms. The van der Waals surface area contributed by atoms with E-state index in [4.69, 9.17) is 9.47 Å². The van der Waals surface area contributed by atoms with Gasteiger partial charge in [-0.25, -0.2) is 9.79 Å². The van der Waals surface area contributed by atoms with Crippen LogP contribution in [-0.4, -0.2) is 31.4 Å². The van der Waals surface area contributed by atoms with Gasteiger partial charge in [-0.1, -0.05) is 18.2 Å². The molecule has 0 aliphatic carbocycles. The van der Waals surface area contributed by atoms with Crippen molar-refractivity contribution in [3.63, 3.8) is 0 Å². The third-order valence-corrected chi connectivity index (χ3v) is 4.29. The fraction of sp³-hybridized carbons (Fsp3) is 0.364. The predicted molar refractivity (Wildman–Crippen MR) is 133 cm³/mol. The summed E-state index contributed by atoms with van der Waals surface area (Å²) in [6, 6.07) is 13.4. The molecule has 0 radical (unpaired) electrons. The number of nitrogens with zero attached hydrogens (tertiary/aromatic N) is 1. The topological polar surface area (TPSA) is 96.0 Å². The Labute approximate surface area is 200 Å². The van der Waals surface area contributed by atoms with Crippen molar-refractivity contribution in [1.82, 2.24) is 16.0 Å². The standard InChI is InChI=1S/C22H29N5O3.HI/c1-4-23-21(25-13-17-7-10-19-20(11-17)30-14-29-19)24-12-16-5-8-18(9-6-16)27-22(28)26-15(2)3;/h5-11,15H,4,12-14H2,1-3H3,(H2,23,24,25)(H2,26,27,28);1H. The fourth-order valence-corrected chi connectivity index (χ4v) is 2.87. The lowest BCUT2D eigenvalue weighted by Gasteiger charge is -2.13. The lowest BCUT2D eigenvalue weighted by Crippen LogP contribution is -2.36. The minimum Gasteiger partial charge on any atom is -0.454 e. The van der Waals surface area contributed by atoms with Crippen molar-refractivity contribution in [2.45, 2.75) is 39.9 Å². The average Bonchev–Trinajstić information content (AvgIpc) is 3.18. The molecule has 8 nitrogen and oxygen atoms in total. The van der Waals surface area contributed by atoms with Crippen molar-refractivity contribution in [2.75, 3.05) is 18.7 Å². The molecule has 0 saturated heterocycles. The van der Waals surface area contributed by atoms with E-state index in [0.29, 0.717) is 13.1 Å². The largest absolute Gasteiger partial charge is 0.454 e. The number of benzene rings is 2. The van der Waals surface area contributed by atoms with Gasteiger partial charge in [-0.15, -0.1) is 24.0 Å². The van der Waals surface area contributed by atoms with Crippen molar-refractivity contribution in [3.8, 4) is 11.5 Å². The van der Waals surface area contributed by atoms with E-state index in [1.807, 2.05) is 63.2 Å². The van der Waals surface area contributed by atoms with Gasteiger partial charge in [0.05, 0.1) is 6.54 Å². The zero-order valence-electron chi connectivity index (χ0n) is 18.0. The molecule has 31 heavy (non-hydrogen) atoms.